The van der Waals surface area contributed by atoms with Crippen molar-refractivity contribution in [3.05, 3.63) is 0 Å². The van der Waals surface area contributed by atoms with E-state index >= 15 is 0 Å². The van der Waals surface area contributed by atoms with Crippen molar-refractivity contribution in [2.45, 2.75) is 39.7 Å². The number of carbonyl (C=O) groups is 2. The summed E-state index contributed by atoms with van der Waals surface area (Å²) >= 11 is 0. The van der Waals surface area contributed by atoms with Crippen molar-refractivity contribution in [3.63, 3.8) is 0 Å². The average molecular weight is 242 g/mol. The predicted molar refractivity (Wildman–Crippen MR) is 64.7 cm³/mol. The van der Waals surface area contributed by atoms with Crippen LogP contribution in [0.1, 0.15) is 33.6 Å². The van der Waals surface area contributed by atoms with E-state index in [4.69, 9.17) is 5.11 Å². The molecule has 0 radical (unpaired) electrons. The van der Waals surface area contributed by atoms with Crippen molar-refractivity contribution in [3.8, 4) is 0 Å². The van der Waals surface area contributed by atoms with Gasteiger partial charge in [0.1, 0.15) is 6.54 Å². The highest BCUT2D eigenvalue weighted by atomic mass is 16.4. The zero-order valence-corrected chi connectivity index (χ0v) is 10.8. The minimum atomic E-state index is -0.954. The third kappa shape index (κ3) is 3.43. The average Bonchev–Trinajstić information content (AvgIpc) is 2.25. The smallest absolute Gasteiger partial charge is 0.323 e. The molecule has 1 saturated heterocycles. The van der Waals surface area contributed by atoms with E-state index in [-0.39, 0.29) is 18.5 Å². The largest absolute Gasteiger partial charge is 0.480 e. The van der Waals surface area contributed by atoms with Gasteiger partial charge in [0.25, 0.3) is 0 Å². The Morgan fingerprint density at radius 3 is 2.29 bits per heavy atom. The Balaban J connectivity index is 2.79. The summed E-state index contributed by atoms with van der Waals surface area (Å²) in [6.07, 6.45) is 1.54. The van der Waals surface area contributed by atoms with Crippen LogP contribution in [0.2, 0.25) is 0 Å². The summed E-state index contributed by atoms with van der Waals surface area (Å²) in [5.74, 6) is -0.985. The minimum absolute atomic E-state index is 0.0311. The fraction of sp³-hybridized carbons (Fsp3) is 0.833. The van der Waals surface area contributed by atoms with E-state index in [1.54, 1.807) is 0 Å². The first-order valence-electron chi connectivity index (χ1n) is 6.10. The number of amides is 1. The van der Waals surface area contributed by atoms with Crippen LogP contribution < -0.4 is 5.32 Å². The molecule has 0 atom stereocenters. The molecule has 0 spiro atoms. The molecular formula is C12H22N2O3. The van der Waals surface area contributed by atoms with E-state index in [2.05, 4.69) is 5.32 Å². The number of carboxylic acid groups (broad SMARTS) is 1. The van der Waals surface area contributed by atoms with E-state index in [1.807, 2.05) is 20.8 Å². The van der Waals surface area contributed by atoms with Crippen LogP contribution >= 0.6 is 0 Å². The number of nitrogens with zero attached hydrogens (tertiary/aromatic N) is 1. The number of hydrogen-bond donors (Lipinski definition) is 2. The number of nitrogens with one attached hydrogen (secondary N) is 1. The SMILES string of the molecule is CC(C)N(CC(=O)O)C(=O)C1(C)CCNCC1. The number of carbonyl (C=O) groups excluding carboxylic acids is 1. The van der Waals surface area contributed by atoms with Crippen molar-refractivity contribution >= 4 is 11.9 Å². The second-order valence-corrected chi connectivity index (χ2v) is 5.23. The molecule has 1 aliphatic heterocycles. The minimum Gasteiger partial charge on any atom is -0.480 e. The van der Waals surface area contributed by atoms with Crippen LogP contribution in [-0.4, -0.2) is 47.6 Å². The first-order valence-corrected chi connectivity index (χ1v) is 6.10. The van der Waals surface area contributed by atoms with Gasteiger partial charge in [-0.15, -0.1) is 0 Å². The van der Waals surface area contributed by atoms with E-state index in [9.17, 15) is 9.59 Å². The Morgan fingerprint density at radius 2 is 1.88 bits per heavy atom. The number of aliphatic carboxylic acids is 1. The number of carboxylic acids is 1. The Bertz CT molecular complexity index is 296. The maximum Gasteiger partial charge on any atom is 0.323 e. The lowest BCUT2D eigenvalue weighted by Crippen LogP contribution is -2.51. The first kappa shape index (κ1) is 14.0. The molecule has 0 aromatic heterocycles. The van der Waals surface area contributed by atoms with Gasteiger partial charge in [-0.05, 0) is 39.8 Å². The standard InChI is InChI=1S/C12H22N2O3/c1-9(2)14(8-10(15)16)11(17)12(3)4-6-13-7-5-12/h9,13H,4-8H2,1-3H3,(H,15,16). The van der Waals surface area contributed by atoms with Gasteiger partial charge < -0.3 is 15.3 Å². The summed E-state index contributed by atoms with van der Waals surface area (Å²) in [5.41, 5.74) is -0.412. The molecule has 1 aliphatic rings. The van der Waals surface area contributed by atoms with Crippen molar-refractivity contribution < 1.29 is 14.7 Å². The molecule has 5 heteroatoms. The van der Waals surface area contributed by atoms with Crippen LogP contribution in [0.3, 0.4) is 0 Å². The number of hydrogen-bond acceptors (Lipinski definition) is 3. The van der Waals surface area contributed by atoms with E-state index in [0.29, 0.717) is 0 Å². The summed E-state index contributed by atoms with van der Waals surface area (Å²) in [6, 6.07) is -0.0784. The first-order chi connectivity index (χ1) is 7.87. The number of piperidine rings is 1. The molecule has 98 valence electrons. The highest BCUT2D eigenvalue weighted by molar-refractivity contribution is 5.86. The Kier molecular flexibility index (Phi) is 4.51. The van der Waals surface area contributed by atoms with Crippen LogP contribution in [0, 0.1) is 5.41 Å². The van der Waals surface area contributed by atoms with Crippen LogP contribution in [0.15, 0.2) is 0 Å². The Morgan fingerprint density at radius 1 is 1.35 bits per heavy atom. The molecule has 0 saturated carbocycles. The molecule has 1 heterocycles. The zero-order chi connectivity index (χ0) is 13.1. The lowest BCUT2D eigenvalue weighted by Gasteiger charge is -2.38. The third-order valence-electron chi connectivity index (χ3n) is 3.41. The van der Waals surface area contributed by atoms with Gasteiger partial charge in [-0.3, -0.25) is 9.59 Å². The molecular weight excluding hydrogens is 220 g/mol. The van der Waals surface area contributed by atoms with Gasteiger partial charge in [-0.25, -0.2) is 0 Å². The Labute approximate surface area is 102 Å². The molecule has 0 unspecified atom stereocenters. The van der Waals surface area contributed by atoms with Crippen LogP contribution in [0.4, 0.5) is 0 Å². The van der Waals surface area contributed by atoms with Gasteiger partial charge in [0.2, 0.25) is 5.91 Å². The fourth-order valence-corrected chi connectivity index (χ4v) is 2.17. The van der Waals surface area contributed by atoms with Crippen molar-refractivity contribution in [2.75, 3.05) is 19.6 Å². The van der Waals surface area contributed by atoms with Crippen molar-refractivity contribution in [2.24, 2.45) is 5.41 Å². The van der Waals surface area contributed by atoms with E-state index < -0.39 is 11.4 Å². The highest BCUT2D eigenvalue weighted by Gasteiger charge is 2.38. The quantitative estimate of drug-likeness (QED) is 0.761. The molecule has 0 bridgehead atoms. The van der Waals surface area contributed by atoms with E-state index in [0.717, 1.165) is 25.9 Å². The van der Waals surface area contributed by atoms with Gasteiger partial charge >= 0.3 is 5.97 Å². The predicted octanol–water partition coefficient (Wildman–Crippen LogP) is 0.698. The van der Waals surface area contributed by atoms with Gasteiger partial charge in [-0.2, -0.15) is 0 Å². The number of rotatable bonds is 4. The Hall–Kier alpha value is -1.10. The molecule has 0 aliphatic carbocycles. The van der Waals surface area contributed by atoms with Crippen LogP contribution in [-0.2, 0) is 9.59 Å². The fourth-order valence-electron chi connectivity index (χ4n) is 2.17. The molecule has 2 N–H and O–H groups in total. The molecule has 5 nitrogen and oxygen atoms in total. The van der Waals surface area contributed by atoms with Crippen molar-refractivity contribution in [1.29, 1.82) is 0 Å². The van der Waals surface area contributed by atoms with Crippen molar-refractivity contribution in [1.82, 2.24) is 10.2 Å². The molecule has 0 aromatic rings. The van der Waals surface area contributed by atoms with Gasteiger partial charge in [-0.1, -0.05) is 6.92 Å². The second-order valence-electron chi connectivity index (χ2n) is 5.23. The summed E-state index contributed by atoms with van der Waals surface area (Å²) in [4.78, 5) is 24.7. The topological polar surface area (TPSA) is 69.6 Å². The van der Waals surface area contributed by atoms with Gasteiger partial charge in [0, 0.05) is 11.5 Å². The van der Waals surface area contributed by atoms with Crippen LogP contribution in [0.25, 0.3) is 0 Å². The summed E-state index contributed by atoms with van der Waals surface area (Å²) in [7, 11) is 0. The van der Waals surface area contributed by atoms with Crippen LogP contribution in [0.5, 0.6) is 0 Å². The normalized spacial score (nSPS) is 19.1. The maximum absolute atomic E-state index is 12.4. The maximum atomic E-state index is 12.4. The molecule has 1 amide bonds. The molecule has 1 rings (SSSR count). The lowest BCUT2D eigenvalue weighted by molar-refractivity contribution is -0.152. The summed E-state index contributed by atoms with van der Waals surface area (Å²) < 4.78 is 0. The second kappa shape index (κ2) is 5.49. The monoisotopic (exact) mass is 242 g/mol. The summed E-state index contributed by atoms with van der Waals surface area (Å²) in [6.45, 7) is 7.08. The van der Waals surface area contributed by atoms with Gasteiger partial charge in [0.05, 0.1) is 0 Å². The third-order valence-corrected chi connectivity index (χ3v) is 3.41. The molecule has 1 fully saturated rings. The summed E-state index contributed by atoms with van der Waals surface area (Å²) in [5, 5.41) is 12.1. The molecule has 0 aromatic carbocycles. The van der Waals surface area contributed by atoms with E-state index in [1.165, 1.54) is 4.90 Å². The zero-order valence-electron chi connectivity index (χ0n) is 10.8. The molecule has 17 heavy (non-hydrogen) atoms. The highest BCUT2D eigenvalue weighted by Crippen LogP contribution is 2.30. The lowest BCUT2D eigenvalue weighted by atomic mass is 9.79. The van der Waals surface area contributed by atoms with Gasteiger partial charge in [0.15, 0.2) is 0 Å².